The van der Waals surface area contributed by atoms with Crippen molar-refractivity contribution in [3.63, 3.8) is 0 Å². The van der Waals surface area contributed by atoms with Crippen LogP contribution in [0.15, 0.2) is 0 Å². The summed E-state index contributed by atoms with van der Waals surface area (Å²) in [6, 6.07) is 2.42. The van der Waals surface area contributed by atoms with Gasteiger partial charge in [0.25, 0.3) is 5.91 Å². The summed E-state index contributed by atoms with van der Waals surface area (Å²) in [5.41, 5.74) is 6.62. The number of nitrogens with one attached hydrogen (secondary N) is 2. The molecule has 0 aromatic carbocycles. The average Bonchev–Trinajstić information content (AvgIpc) is 2.83. The topological polar surface area (TPSA) is 90.9 Å². The second kappa shape index (κ2) is 6.81. The number of amides is 1. The van der Waals surface area contributed by atoms with Crippen molar-refractivity contribution in [3.8, 4) is 6.07 Å². The van der Waals surface area contributed by atoms with E-state index in [0.717, 1.165) is 23.8 Å². The number of hydrogen-bond donors (Lipinski definition) is 3. The van der Waals surface area contributed by atoms with E-state index in [-0.39, 0.29) is 11.6 Å². The Bertz CT molecular complexity index is 553. The molecule has 1 aliphatic carbocycles. The van der Waals surface area contributed by atoms with Crippen LogP contribution >= 0.6 is 11.3 Å². The van der Waals surface area contributed by atoms with Crippen LogP contribution in [0, 0.1) is 17.2 Å². The lowest BCUT2D eigenvalue weighted by atomic mass is 9.84. The van der Waals surface area contributed by atoms with Crippen molar-refractivity contribution in [1.29, 1.82) is 5.26 Å². The lowest BCUT2D eigenvalue weighted by Gasteiger charge is -2.28. The fourth-order valence-electron chi connectivity index (χ4n) is 2.88. The summed E-state index contributed by atoms with van der Waals surface area (Å²) in [5, 5.41) is 15.9. The summed E-state index contributed by atoms with van der Waals surface area (Å²) in [6.45, 7) is 2.24. The maximum absolute atomic E-state index is 12.0. The second-order valence-corrected chi connectivity index (χ2v) is 6.53. The molecule has 2 rings (SSSR count). The Balaban J connectivity index is 2.16. The molecular weight excluding hydrogens is 284 g/mol. The summed E-state index contributed by atoms with van der Waals surface area (Å²) in [6.07, 6.45) is 5.88. The van der Waals surface area contributed by atoms with Crippen LogP contribution in [-0.2, 0) is 0 Å². The van der Waals surface area contributed by atoms with Crippen LogP contribution in [0.2, 0.25) is 0 Å². The van der Waals surface area contributed by atoms with Gasteiger partial charge in [0, 0.05) is 13.1 Å². The molecule has 21 heavy (non-hydrogen) atoms. The van der Waals surface area contributed by atoms with Crippen LogP contribution in [0.25, 0.3) is 0 Å². The van der Waals surface area contributed by atoms with E-state index < -0.39 is 0 Å². The number of hydrogen-bond acceptors (Lipinski definition) is 5. The molecule has 1 amide bonds. The van der Waals surface area contributed by atoms with Gasteiger partial charge >= 0.3 is 0 Å². The van der Waals surface area contributed by atoms with Crippen molar-refractivity contribution in [2.75, 3.05) is 18.1 Å². The summed E-state index contributed by atoms with van der Waals surface area (Å²) in [5.74, 6) is 0.583. The lowest BCUT2D eigenvalue weighted by Crippen LogP contribution is -2.27. The molecule has 6 heteroatoms. The van der Waals surface area contributed by atoms with Crippen LogP contribution in [0.3, 0.4) is 0 Å². The zero-order chi connectivity index (χ0) is 15.4. The third kappa shape index (κ3) is 3.30. The van der Waals surface area contributed by atoms with Crippen molar-refractivity contribution in [3.05, 3.63) is 10.4 Å². The van der Waals surface area contributed by atoms with E-state index in [1.807, 2.05) is 0 Å². The van der Waals surface area contributed by atoms with E-state index in [2.05, 4.69) is 23.6 Å². The molecule has 0 aliphatic heterocycles. The van der Waals surface area contributed by atoms with E-state index in [1.165, 1.54) is 30.6 Å². The number of nitrogens with zero attached hydrogens (tertiary/aromatic N) is 1. The monoisotopic (exact) mass is 306 g/mol. The Labute approximate surface area is 129 Å². The highest BCUT2D eigenvalue weighted by Gasteiger charge is 2.25. The normalized spacial score (nSPS) is 21.6. The number of anilines is 2. The molecule has 0 atom stereocenters. The smallest absolute Gasteiger partial charge is 0.256 e. The zero-order valence-electron chi connectivity index (χ0n) is 12.5. The first-order valence-electron chi connectivity index (χ1n) is 7.41. The van der Waals surface area contributed by atoms with Crippen LogP contribution < -0.4 is 16.4 Å². The summed E-state index contributed by atoms with van der Waals surface area (Å²) < 4.78 is 0. The highest BCUT2D eigenvalue weighted by atomic mass is 32.1. The Morgan fingerprint density at radius 3 is 2.62 bits per heavy atom. The Hall–Kier alpha value is -1.74. The number of thiophene rings is 1. The molecule has 0 bridgehead atoms. The molecular formula is C15H22N4OS. The molecule has 5 nitrogen and oxygen atoms in total. The minimum absolute atomic E-state index is 0.241. The van der Waals surface area contributed by atoms with E-state index in [0.29, 0.717) is 16.5 Å². The number of rotatable bonds is 4. The maximum Gasteiger partial charge on any atom is 0.256 e. The second-order valence-electron chi connectivity index (χ2n) is 5.51. The number of carbonyl (C=O) groups is 1. The van der Waals surface area contributed by atoms with Gasteiger partial charge in [0.1, 0.15) is 15.9 Å². The maximum atomic E-state index is 12.0. The largest absolute Gasteiger partial charge is 0.396 e. The lowest BCUT2D eigenvalue weighted by molar-refractivity contribution is 0.0965. The van der Waals surface area contributed by atoms with Crippen LogP contribution in [-0.4, -0.2) is 19.0 Å². The minimum Gasteiger partial charge on any atom is -0.396 e. The van der Waals surface area contributed by atoms with Crippen LogP contribution in [0.1, 0.15) is 54.3 Å². The van der Waals surface area contributed by atoms with Gasteiger partial charge in [-0.1, -0.05) is 13.3 Å². The van der Waals surface area contributed by atoms with Crippen molar-refractivity contribution in [2.24, 2.45) is 5.92 Å². The van der Waals surface area contributed by atoms with E-state index in [4.69, 9.17) is 11.0 Å². The highest BCUT2D eigenvalue weighted by Crippen LogP contribution is 2.37. The number of nitriles is 1. The van der Waals surface area contributed by atoms with Gasteiger partial charge in [0.2, 0.25) is 0 Å². The predicted octanol–water partition coefficient (Wildman–Crippen LogP) is 2.94. The molecule has 0 radical (unpaired) electrons. The van der Waals surface area contributed by atoms with E-state index >= 15 is 0 Å². The van der Waals surface area contributed by atoms with Gasteiger partial charge in [-0.15, -0.1) is 11.3 Å². The summed E-state index contributed by atoms with van der Waals surface area (Å²) in [4.78, 5) is 12.4. The molecule has 1 heterocycles. The fourth-order valence-corrected chi connectivity index (χ4v) is 3.87. The third-order valence-corrected chi connectivity index (χ3v) is 5.30. The van der Waals surface area contributed by atoms with Crippen LogP contribution in [0.5, 0.6) is 0 Å². The Morgan fingerprint density at radius 2 is 2.10 bits per heavy atom. The first-order chi connectivity index (χ1) is 10.1. The predicted molar refractivity (Wildman–Crippen MR) is 86.5 cm³/mol. The summed E-state index contributed by atoms with van der Waals surface area (Å²) in [7, 11) is 1.57. The van der Waals surface area contributed by atoms with Crippen LogP contribution in [0.4, 0.5) is 10.7 Å². The minimum atomic E-state index is -0.241. The van der Waals surface area contributed by atoms with Gasteiger partial charge < -0.3 is 16.4 Å². The SMILES string of the molecule is CCC1CCC(Nc2sc(C#N)c(N)c2C(=O)NC)CC1. The quantitative estimate of drug-likeness (QED) is 0.797. The van der Waals surface area contributed by atoms with Gasteiger partial charge in [0.15, 0.2) is 0 Å². The fraction of sp³-hybridized carbons (Fsp3) is 0.600. The molecule has 0 saturated heterocycles. The first kappa shape index (κ1) is 15.6. The van der Waals surface area contributed by atoms with Gasteiger partial charge in [-0.3, -0.25) is 4.79 Å². The average molecular weight is 306 g/mol. The molecule has 0 spiro atoms. The van der Waals surface area contributed by atoms with Crippen molar-refractivity contribution in [2.45, 2.75) is 45.1 Å². The molecule has 4 N–H and O–H groups in total. The number of nitrogens with two attached hydrogens (primary N) is 1. The van der Waals surface area contributed by atoms with Gasteiger partial charge in [-0.2, -0.15) is 5.26 Å². The molecule has 1 saturated carbocycles. The third-order valence-electron chi connectivity index (χ3n) is 4.26. The molecule has 114 valence electrons. The molecule has 1 aliphatic rings. The standard InChI is InChI=1S/C15H22N4OS/c1-3-9-4-6-10(7-5-9)19-15-12(14(20)18-2)13(17)11(8-16)21-15/h9-10,19H,3-7,17H2,1-2H3,(H,18,20). The number of nitrogen functional groups attached to an aromatic ring is 1. The molecule has 0 unspecified atom stereocenters. The van der Waals surface area contributed by atoms with E-state index in [1.54, 1.807) is 7.05 Å². The zero-order valence-corrected chi connectivity index (χ0v) is 13.3. The molecule has 1 fully saturated rings. The molecule has 1 aromatic rings. The molecule has 1 aromatic heterocycles. The number of carbonyl (C=O) groups excluding carboxylic acids is 1. The Kier molecular flexibility index (Phi) is 5.07. The van der Waals surface area contributed by atoms with Gasteiger partial charge in [0.05, 0.1) is 11.3 Å². The van der Waals surface area contributed by atoms with Crippen molar-refractivity contribution >= 4 is 27.9 Å². The van der Waals surface area contributed by atoms with E-state index in [9.17, 15) is 4.79 Å². The highest BCUT2D eigenvalue weighted by molar-refractivity contribution is 7.17. The van der Waals surface area contributed by atoms with Gasteiger partial charge in [-0.05, 0) is 31.6 Å². The van der Waals surface area contributed by atoms with Crippen molar-refractivity contribution < 1.29 is 4.79 Å². The Morgan fingerprint density at radius 1 is 1.43 bits per heavy atom. The van der Waals surface area contributed by atoms with Crippen molar-refractivity contribution in [1.82, 2.24) is 5.32 Å². The first-order valence-corrected chi connectivity index (χ1v) is 8.23. The summed E-state index contributed by atoms with van der Waals surface area (Å²) >= 11 is 1.27. The van der Waals surface area contributed by atoms with Gasteiger partial charge in [-0.25, -0.2) is 0 Å².